The highest BCUT2D eigenvalue weighted by atomic mass is 31.2. The number of phosphoric ester groups is 1. The van der Waals surface area contributed by atoms with E-state index in [1.165, 1.54) is 70.6 Å². The Morgan fingerprint density at radius 2 is 1.22 bits per heavy atom. The van der Waals surface area contributed by atoms with Crippen LogP contribution in [-0.2, 0) is 22.9 Å². The van der Waals surface area contributed by atoms with Gasteiger partial charge in [0, 0.05) is 6.61 Å². The van der Waals surface area contributed by atoms with Crippen LogP contribution in [0.25, 0.3) is 0 Å². The number of hydrogen-bond acceptors (Lipinski definition) is 7. The number of rotatable bonds is 22. The summed E-state index contributed by atoms with van der Waals surface area (Å²) in [6, 6.07) is 0. The lowest BCUT2D eigenvalue weighted by Gasteiger charge is -2.18. The molecule has 0 spiro atoms. The maximum absolute atomic E-state index is 11.7. The van der Waals surface area contributed by atoms with Gasteiger partial charge in [0.15, 0.2) is 0 Å². The molecule has 0 rings (SSSR count). The second-order valence-corrected chi connectivity index (χ2v) is 10.7. The van der Waals surface area contributed by atoms with Crippen molar-refractivity contribution in [3.05, 3.63) is 0 Å². The molecule has 0 aromatic rings. The second kappa shape index (κ2) is 19.0. The number of carbonyl (C=O) groups excluding carboxylic acids is 1. The van der Waals surface area contributed by atoms with Gasteiger partial charge >= 0.3 is 21.1 Å². The van der Waals surface area contributed by atoms with E-state index in [0.29, 0.717) is 6.61 Å². The molecule has 1 unspecified atom stereocenters. The Bertz CT molecular complexity index is 567. The summed E-state index contributed by atoms with van der Waals surface area (Å²) in [5.74, 6) is 0. The lowest BCUT2D eigenvalue weighted by Crippen LogP contribution is -2.24. The van der Waals surface area contributed by atoms with Gasteiger partial charge in [-0.15, -0.1) is 0 Å². The molecule has 192 valence electrons. The monoisotopic (exact) mass is 504 g/mol. The van der Waals surface area contributed by atoms with E-state index in [2.05, 4.69) is 16.0 Å². The summed E-state index contributed by atoms with van der Waals surface area (Å²) in [6.45, 7) is 1.63. The number of hydrogen-bond donors (Lipinski definition) is 4. The molecule has 0 aromatic carbocycles. The quantitative estimate of drug-likeness (QED) is 0.113. The van der Waals surface area contributed by atoms with Gasteiger partial charge in [0.25, 0.3) is 0 Å². The van der Waals surface area contributed by atoms with Gasteiger partial charge in [-0.25, -0.2) is 13.9 Å². The van der Waals surface area contributed by atoms with Crippen molar-refractivity contribution in [2.75, 3.05) is 19.8 Å². The van der Waals surface area contributed by atoms with Crippen molar-refractivity contribution < 1.29 is 47.5 Å². The van der Waals surface area contributed by atoms with Crippen LogP contribution in [-0.4, -0.2) is 51.4 Å². The predicted molar refractivity (Wildman–Crippen MR) is 121 cm³/mol. The van der Waals surface area contributed by atoms with Gasteiger partial charge in [-0.05, 0) is 6.42 Å². The largest absolute Gasteiger partial charge is 0.527 e. The number of ether oxygens (including phenoxy) is 1. The van der Waals surface area contributed by atoms with E-state index < -0.39 is 33.8 Å². The first-order valence-corrected chi connectivity index (χ1v) is 14.7. The van der Waals surface area contributed by atoms with E-state index in [4.69, 9.17) is 14.5 Å². The molecule has 0 aliphatic heterocycles. The summed E-state index contributed by atoms with van der Waals surface area (Å²) >= 11 is 0. The van der Waals surface area contributed by atoms with E-state index in [1.54, 1.807) is 0 Å². The van der Waals surface area contributed by atoms with Gasteiger partial charge in [-0.3, -0.25) is 14.3 Å². The first-order valence-electron chi connectivity index (χ1n) is 11.6. The summed E-state index contributed by atoms with van der Waals surface area (Å²) < 4.78 is 35.6. The molecule has 0 radical (unpaired) electrons. The third-order valence-electron chi connectivity index (χ3n) is 4.87. The zero-order chi connectivity index (χ0) is 24.3. The Balaban J connectivity index is 3.67. The standard InChI is InChI=1S/C20H42O10P2/c1-2-3-4-5-6-7-8-9-10-11-12-13-14-15-16-28-18-19(17-21)29-31(23,24)20(22)30-32(25,26)27/h19,21H,2-18H2,1H3,(H,23,24)(H2,25,26,27)/t19-/m0/s1. The minimum Gasteiger partial charge on any atom is -0.394 e. The number of aliphatic hydroxyl groups excluding tert-OH is 1. The number of phosphoric acid groups is 1. The van der Waals surface area contributed by atoms with Crippen LogP contribution < -0.4 is 0 Å². The molecule has 0 aliphatic rings. The van der Waals surface area contributed by atoms with Crippen LogP contribution in [0.5, 0.6) is 0 Å². The Morgan fingerprint density at radius 1 is 0.781 bits per heavy atom. The molecule has 32 heavy (non-hydrogen) atoms. The predicted octanol–water partition coefficient (Wildman–Crippen LogP) is 5.28. The SMILES string of the molecule is CCCCCCCCCCCCCCCCOC[C@H](CO)OP(=O)(O)C(=O)OP(=O)(O)O. The molecule has 2 atom stereocenters. The Morgan fingerprint density at radius 3 is 1.62 bits per heavy atom. The molecule has 0 aromatic heterocycles. The Hall–Kier alpha value is -0.310. The Labute approximate surface area is 191 Å². The Kier molecular flexibility index (Phi) is 18.9. The molecular weight excluding hydrogens is 462 g/mol. The van der Waals surface area contributed by atoms with Crippen molar-refractivity contribution in [2.24, 2.45) is 0 Å². The molecule has 0 fully saturated rings. The molecular formula is C20H42O10P2. The van der Waals surface area contributed by atoms with Crippen molar-refractivity contribution in [2.45, 2.75) is 103 Å². The van der Waals surface area contributed by atoms with Crippen molar-refractivity contribution in [3.63, 3.8) is 0 Å². The average molecular weight is 504 g/mol. The van der Waals surface area contributed by atoms with Gasteiger partial charge in [0.1, 0.15) is 6.10 Å². The van der Waals surface area contributed by atoms with Crippen molar-refractivity contribution >= 4 is 21.1 Å². The second-order valence-electron chi connectivity index (χ2n) is 7.95. The highest BCUT2D eigenvalue weighted by Crippen LogP contribution is 2.51. The normalized spacial score (nSPS) is 14.8. The van der Waals surface area contributed by atoms with Crippen LogP contribution in [0.3, 0.4) is 0 Å². The van der Waals surface area contributed by atoms with Gasteiger partial charge in [-0.2, -0.15) is 0 Å². The van der Waals surface area contributed by atoms with Gasteiger partial charge in [0.05, 0.1) is 13.2 Å². The van der Waals surface area contributed by atoms with E-state index in [0.717, 1.165) is 19.3 Å². The summed E-state index contributed by atoms with van der Waals surface area (Å²) in [5, 5.41) is 9.19. The minimum absolute atomic E-state index is 0.247. The third-order valence-corrected chi connectivity index (χ3v) is 6.55. The number of carbonyl (C=O) groups is 1. The molecule has 0 saturated carbocycles. The zero-order valence-electron chi connectivity index (χ0n) is 19.2. The summed E-state index contributed by atoms with van der Waals surface area (Å²) in [6.07, 6.45) is 15.9. The van der Waals surface area contributed by atoms with Gasteiger partial charge in [-0.1, -0.05) is 90.4 Å². The summed E-state index contributed by atoms with van der Waals surface area (Å²) in [5.41, 5.74) is -2.09. The maximum atomic E-state index is 11.7. The highest BCUT2D eigenvalue weighted by molar-refractivity contribution is 7.71. The van der Waals surface area contributed by atoms with Crippen LogP contribution in [0.1, 0.15) is 96.8 Å². The lowest BCUT2D eigenvalue weighted by molar-refractivity contribution is 0.0139. The van der Waals surface area contributed by atoms with Crippen LogP contribution in [0.15, 0.2) is 0 Å². The van der Waals surface area contributed by atoms with Crippen LogP contribution >= 0.6 is 15.4 Å². The number of unbranched alkanes of at least 4 members (excludes halogenated alkanes) is 13. The minimum atomic E-state index is -5.28. The molecule has 12 heteroatoms. The van der Waals surface area contributed by atoms with E-state index in [-0.39, 0.29) is 6.61 Å². The fourth-order valence-corrected chi connectivity index (χ4v) is 4.68. The van der Waals surface area contributed by atoms with Crippen molar-refractivity contribution in [3.8, 4) is 0 Å². The first kappa shape index (κ1) is 31.7. The summed E-state index contributed by atoms with van der Waals surface area (Å²) in [4.78, 5) is 37.7. The van der Waals surface area contributed by atoms with Crippen LogP contribution in [0.2, 0.25) is 0 Å². The summed E-state index contributed by atoms with van der Waals surface area (Å²) in [7, 11) is -10.4. The first-order chi connectivity index (χ1) is 15.1. The average Bonchev–Trinajstić information content (AvgIpc) is 2.71. The van der Waals surface area contributed by atoms with Crippen molar-refractivity contribution in [1.82, 2.24) is 0 Å². The third kappa shape index (κ3) is 19.2. The molecule has 4 N–H and O–H groups in total. The van der Waals surface area contributed by atoms with Gasteiger partial charge in [0.2, 0.25) is 0 Å². The molecule has 0 amide bonds. The van der Waals surface area contributed by atoms with Crippen LogP contribution in [0.4, 0.5) is 4.79 Å². The molecule has 0 aliphatic carbocycles. The number of aliphatic hydroxyl groups is 1. The fourth-order valence-electron chi connectivity index (χ4n) is 3.13. The van der Waals surface area contributed by atoms with E-state index in [9.17, 15) is 23.9 Å². The molecule has 10 nitrogen and oxygen atoms in total. The van der Waals surface area contributed by atoms with E-state index in [1.807, 2.05) is 0 Å². The van der Waals surface area contributed by atoms with Crippen molar-refractivity contribution in [1.29, 1.82) is 0 Å². The van der Waals surface area contributed by atoms with Crippen LogP contribution in [0, 0.1) is 0 Å². The topological polar surface area (TPSA) is 160 Å². The maximum Gasteiger partial charge on any atom is 0.527 e. The van der Waals surface area contributed by atoms with Gasteiger partial charge < -0.3 is 19.3 Å². The highest BCUT2D eigenvalue weighted by Gasteiger charge is 2.40. The molecule has 0 heterocycles. The zero-order valence-corrected chi connectivity index (χ0v) is 21.0. The molecule has 0 bridgehead atoms. The fraction of sp³-hybridized carbons (Fsp3) is 0.950. The molecule has 0 saturated heterocycles. The lowest BCUT2D eigenvalue weighted by atomic mass is 10.0. The smallest absolute Gasteiger partial charge is 0.394 e. The van der Waals surface area contributed by atoms with E-state index >= 15 is 0 Å².